The van der Waals surface area contributed by atoms with Gasteiger partial charge >= 0.3 is 12.1 Å². The molecule has 1 aromatic heterocycles. The minimum absolute atomic E-state index is 0. The van der Waals surface area contributed by atoms with Crippen LogP contribution in [0.15, 0.2) is 10.9 Å². The molecule has 0 radical (unpaired) electrons. The average molecular weight is 446 g/mol. The van der Waals surface area contributed by atoms with E-state index in [-0.39, 0.29) is 24.4 Å². The number of nitrogens with zero attached hydrogens (tertiary/aromatic N) is 1. The van der Waals surface area contributed by atoms with Crippen molar-refractivity contribution in [3.8, 4) is 0 Å². The maximum absolute atomic E-state index is 11.8. The van der Waals surface area contributed by atoms with Gasteiger partial charge in [0.2, 0.25) is 5.95 Å². The van der Waals surface area contributed by atoms with Crippen LogP contribution in [0.2, 0.25) is 0 Å². The van der Waals surface area contributed by atoms with Crippen molar-refractivity contribution in [2.75, 3.05) is 31.5 Å². The first-order chi connectivity index (χ1) is 14.0. The summed E-state index contributed by atoms with van der Waals surface area (Å²) in [5.74, 6) is 0.132. The number of rotatable bonds is 14. The highest BCUT2D eigenvalue weighted by Gasteiger charge is 2.04. The van der Waals surface area contributed by atoms with Crippen molar-refractivity contribution in [3.05, 3.63) is 22.1 Å². The van der Waals surface area contributed by atoms with Crippen LogP contribution < -0.4 is 32.6 Å². The Hall–Kier alpha value is -2.33. The molecule has 0 unspecified atom stereocenters. The van der Waals surface area contributed by atoms with E-state index in [9.17, 15) is 14.4 Å². The van der Waals surface area contributed by atoms with Crippen LogP contribution >= 0.6 is 12.4 Å². The molecule has 0 bridgehead atoms. The minimum Gasteiger partial charge on any atom is -0.338 e. The summed E-state index contributed by atoms with van der Waals surface area (Å²) in [5, 5.41) is 10.9. The van der Waals surface area contributed by atoms with Crippen molar-refractivity contribution in [2.45, 2.75) is 58.3 Å². The number of aryl methyl sites for hydroxylation is 1. The number of halogens is 1. The number of hydrogen-bond donors (Lipinski definition) is 6. The number of nitrogens with two attached hydrogens (primary N) is 1. The van der Waals surface area contributed by atoms with Crippen LogP contribution in [0.1, 0.15) is 57.1 Å². The van der Waals surface area contributed by atoms with Crippen molar-refractivity contribution in [2.24, 2.45) is 5.73 Å². The normalized spacial score (nSPS) is 10.1. The second-order valence-corrected chi connectivity index (χ2v) is 6.93. The number of aromatic amines is 1. The van der Waals surface area contributed by atoms with Gasteiger partial charge < -0.3 is 26.7 Å². The third-order valence-corrected chi connectivity index (χ3v) is 4.20. The van der Waals surface area contributed by atoms with Gasteiger partial charge in [0, 0.05) is 31.4 Å². The standard InChI is InChI=1S/C19H35N7O3.ClH/c1-15-14-16(27)25-17(24-15)26-19(29)23-13-9-5-4-8-12-22-18(28)21-11-7-3-2-6-10-20;/h14H,2-13,20H2,1H3,(H2,21,22,28)(H3,23,24,25,26,27,29);1H. The van der Waals surface area contributed by atoms with Gasteiger partial charge in [-0.3, -0.25) is 10.1 Å². The first-order valence-corrected chi connectivity index (χ1v) is 10.4. The highest BCUT2D eigenvalue weighted by atomic mass is 35.5. The second kappa shape index (κ2) is 17.5. The first kappa shape index (κ1) is 27.7. The molecular weight excluding hydrogens is 410 g/mol. The van der Waals surface area contributed by atoms with Crippen LogP contribution in [0.4, 0.5) is 15.5 Å². The fourth-order valence-electron chi connectivity index (χ4n) is 2.68. The number of anilines is 1. The molecule has 10 nitrogen and oxygen atoms in total. The number of carbonyl (C=O) groups is 2. The quantitative estimate of drug-likeness (QED) is 0.242. The van der Waals surface area contributed by atoms with Gasteiger partial charge in [-0.15, -0.1) is 12.4 Å². The van der Waals surface area contributed by atoms with E-state index in [1.807, 2.05) is 0 Å². The number of unbranched alkanes of at least 4 members (excludes halogenated alkanes) is 6. The van der Waals surface area contributed by atoms with Crippen LogP contribution in [-0.2, 0) is 0 Å². The Bertz CT molecular complexity index is 670. The SMILES string of the molecule is Cc1cc(=O)nc(NC(=O)NCCCCCCNC(=O)NCCCCCCN)[nH]1.Cl. The van der Waals surface area contributed by atoms with Crippen molar-refractivity contribution in [1.82, 2.24) is 25.9 Å². The minimum atomic E-state index is -0.403. The molecule has 0 spiro atoms. The van der Waals surface area contributed by atoms with Gasteiger partial charge in [0.1, 0.15) is 0 Å². The number of nitrogens with one attached hydrogen (secondary N) is 5. The van der Waals surface area contributed by atoms with E-state index in [1.165, 1.54) is 6.07 Å². The third kappa shape index (κ3) is 14.6. The molecule has 1 rings (SSSR count). The highest BCUT2D eigenvalue weighted by Crippen LogP contribution is 1.99. The van der Waals surface area contributed by atoms with Crippen molar-refractivity contribution < 1.29 is 9.59 Å². The molecule has 1 aromatic rings. The number of carbonyl (C=O) groups excluding carboxylic acids is 2. The summed E-state index contributed by atoms with van der Waals surface area (Å²) in [4.78, 5) is 41.1. The summed E-state index contributed by atoms with van der Waals surface area (Å²) in [7, 11) is 0. The van der Waals surface area contributed by atoms with Crippen molar-refractivity contribution >= 4 is 30.4 Å². The Balaban J connectivity index is 0.00000841. The summed E-state index contributed by atoms with van der Waals surface area (Å²) in [6.07, 6.45) is 7.85. The number of amides is 4. The monoisotopic (exact) mass is 445 g/mol. The molecule has 1 heterocycles. The first-order valence-electron chi connectivity index (χ1n) is 10.4. The molecule has 11 heteroatoms. The molecule has 0 saturated heterocycles. The molecule has 4 amide bonds. The largest absolute Gasteiger partial charge is 0.338 e. The summed E-state index contributed by atoms with van der Waals surface area (Å²) in [5.41, 5.74) is 5.66. The lowest BCUT2D eigenvalue weighted by molar-refractivity contribution is 0.240. The molecule has 172 valence electrons. The Labute approximate surface area is 184 Å². The summed E-state index contributed by atoms with van der Waals surface area (Å²) < 4.78 is 0. The Kier molecular flexibility index (Phi) is 16.2. The predicted octanol–water partition coefficient (Wildman–Crippen LogP) is 2.00. The zero-order valence-electron chi connectivity index (χ0n) is 17.7. The highest BCUT2D eigenvalue weighted by molar-refractivity contribution is 5.87. The fourth-order valence-corrected chi connectivity index (χ4v) is 2.68. The predicted molar refractivity (Wildman–Crippen MR) is 121 cm³/mol. The number of hydrogen-bond acceptors (Lipinski definition) is 5. The zero-order chi connectivity index (χ0) is 21.3. The molecule has 0 atom stereocenters. The topological polar surface area (TPSA) is 154 Å². The maximum atomic E-state index is 11.8. The maximum Gasteiger partial charge on any atom is 0.321 e. The molecule has 0 aromatic carbocycles. The van der Waals surface area contributed by atoms with Crippen LogP contribution in [-0.4, -0.2) is 48.2 Å². The lowest BCUT2D eigenvalue weighted by Crippen LogP contribution is -2.36. The number of H-pyrrole nitrogens is 1. The van der Waals surface area contributed by atoms with Gasteiger partial charge in [-0.1, -0.05) is 25.7 Å². The molecule has 0 aliphatic carbocycles. The van der Waals surface area contributed by atoms with Crippen LogP contribution in [0, 0.1) is 6.92 Å². The number of urea groups is 2. The van der Waals surface area contributed by atoms with E-state index in [4.69, 9.17) is 5.73 Å². The third-order valence-electron chi connectivity index (χ3n) is 4.20. The van der Waals surface area contributed by atoms with E-state index in [2.05, 4.69) is 31.2 Å². The van der Waals surface area contributed by atoms with Crippen LogP contribution in [0.3, 0.4) is 0 Å². The Morgan fingerprint density at radius 1 is 0.900 bits per heavy atom. The number of aromatic nitrogens is 2. The van der Waals surface area contributed by atoms with Gasteiger partial charge in [-0.05, 0) is 39.2 Å². The lowest BCUT2D eigenvalue weighted by atomic mass is 10.2. The van der Waals surface area contributed by atoms with Crippen LogP contribution in [0.25, 0.3) is 0 Å². The van der Waals surface area contributed by atoms with E-state index in [0.717, 1.165) is 57.9 Å². The van der Waals surface area contributed by atoms with E-state index >= 15 is 0 Å². The molecule has 0 aliphatic rings. The van der Waals surface area contributed by atoms with Crippen molar-refractivity contribution in [1.29, 1.82) is 0 Å². The summed E-state index contributed by atoms with van der Waals surface area (Å²) in [6.45, 7) is 4.30. The second-order valence-electron chi connectivity index (χ2n) is 6.93. The van der Waals surface area contributed by atoms with Crippen molar-refractivity contribution in [3.63, 3.8) is 0 Å². The van der Waals surface area contributed by atoms with Crippen LogP contribution in [0.5, 0.6) is 0 Å². The average Bonchev–Trinajstić information content (AvgIpc) is 2.65. The lowest BCUT2D eigenvalue weighted by Gasteiger charge is -2.08. The van der Waals surface area contributed by atoms with Gasteiger partial charge in [0.05, 0.1) is 0 Å². The van der Waals surface area contributed by atoms with E-state index in [0.29, 0.717) is 25.3 Å². The van der Waals surface area contributed by atoms with Gasteiger partial charge in [0.25, 0.3) is 5.56 Å². The zero-order valence-corrected chi connectivity index (χ0v) is 18.5. The van der Waals surface area contributed by atoms with Gasteiger partial charge in [-0.25, -0.2) is 9.59 Å². The molecule has 30 heavy (non-hydrogen) atoms. The fraction of sp³-hybridized carbons (Fsp3) is 0.684. The summed E-state index contributed by atoms with van der Waals surface area (Å²) >= 11 is 0. The van der Waals surface area contributed by atoms with Gasteiger partial charge in [-0.2, -0.15) is 4.98 Å². The van der Waals surface area contributed by atoms with E-state index < -0.39 is 11.6 Å². The molecule has 0 aliphatic heterocycles. The Morgan fingerprint density at radius 3 is 1.90 bits per heavy atom. The van der Waals surface area contributed by atoms with Gasteiger partial charge in [0.15, 0.2) is 0 Å². The smallest absolute Gasteiger partial charge is 0.321 e. The van der Waals surface area contributed by atoms with E-state index in [1.54, 1.807) is 6.92 Å². The molecule has 0 fully saturated rings. The molecule has 0 saturated carbocycles. The molecule has 7 N–H and O–H groups in total. The summed E-state index contributed by atoms with van der Waals surface area (Å²) in [6, 6.07) is 0.831. The Morgan fingerprint density at radius 2 is 1.40 bits per heavy atom. The molecular formula is C19H36ClN7O3.